The zero-order valence-electron chi connectivity index (χ0n) is 15.7. The number of quaternary nitrogens is 1. The molecule has 7 nitrogen and oxygen atoms in total. The van der Waals surface area contributed by atoms with Crippen molar-refractivity contribution in [3.63, 3.8) is 0 Å². The minimum Gasteiger partial charge on any atom is -0.465 e. The molecule has 0 aromatic heterocycles. The second-order valence-electron chi connectivity index (χ2n) is 7.26. The smallest absolute Gasteiger partial charge is 0.337 e. The van der Waals surface area contributed by atoms with Crippen LogP contribution >= 0.6 is 0 Å². The number of hydrogen-bond donors (Lipinski definition) is 2. The Hall–Kier alpha value is -3.47. The molecule has 1 aromatic rings. The van der Waals surface area contributed by atoms with Crippen LogP contribution in [0, 0.1) is 56.7 Å². The Balaban J connectivity index is 2.14. The molecule has 1 aliphatic heterocycles. The first-order valence-electron chi connectivity index (χ1n) is 8.94. The molecule has 28 heavy (non-hydrogen) atoms. The molecule has 3 rings (SSSR count). The van der Waals surface area contributed by atoms with E-state index in [0.717, 1.165) is 5.56 Å². The third kappa shape index (κ3) is 2.76. The lowest BCUT2D eigenvalue weighted by Gasteiger charge is -2.45. The zero-order valence-corrected chi connectivity index (χ0v) is 15.7. The van der Waals surface area contributed by atoms with Crippen LogP contribution in [0.3, 0.4) is 0 Å². The summed E-state index contributed by atoms with van der Waals surface area (Å²) in [4.78, 5) is 12.9. The summed E-state index contributed by atoms with van der Waals surface area (Å²) in [7, 11) is 3.33. The van der Waals surface area contributed by atoms with Crippen molar-refractivity contribution in [2.75, 3.05) is 27.2 Å². The highest BCUT2D eigenvalue weighted by Crippen LogP contribution is 2.51. The number of benzene rings is 1. The summed E-state index contributed by atoms with van der Waals surface area (Å²) < 4.78 is 4.73. The number of esters is 1. The molecule has 4 atom stereocenters. The number of likely N-dealkylation sites (N-methyl/N-ethyl adjacent to an activating group) is 1. The molecule has 1 heterocycles. The minimum atomic E-state index is -1.69. The van der Waals surface area contributed by atoms with E-state index in [4.69, 9.17) is 10.1 Å². The standard InChI is InChI=1S/C21H19N5O2/c1-26-8-7-17-16(10-26)18(13-3-5-14(6-4-13)20(27)28-2)15(9-22)19(25)21(17,11-23)12-24/h3-7,15-16,18,25H,8,10H2,1-2H3/p+1/t15-,16-,18-/m0/s1. The van der Waals surface area contributed by atoms with Gasteiger partial charge in [0.2, 0.25) is 5.41 Å². The van der Waals surface area contributed by atoms with E-state index in [9.17, 15) is 20.6 Å². The number of nitrogens with zero attached hydrogens (tertiary/aromatic N) is 3. The molecule has 0 radical (unpaired) electrons. The maximum Gasteiger partial charge on any atom is 0.337 e. The summed E-state index contributed by atoms with van der Waals surface area (Å²) in [6.07, 6.45) is 1.88. The Bertz CT molecular complexity index is 960. The molecule has 7 heteroatoms. The van der Waals surface area contributed by atoms with Gasteiger partial charge in [-0.15, -0.1) is 0 Å². The molecule has 1 unspecified atom stereocenters. The third-order valence-electron chi connectivity index (χ3n) is 5.77. The van der Waals surface area contributed by atoms with Crippen molar-refractivity contribution in [1.29, 1.82) is 21.2 Å². The van der Waals surface area contributed by atoms with Crippen LogP contribution < -0.4 is 4.90 Å². The van der Waals surface area contributed by atoms with Crippen LogP contribution in [-0.4, -0.2) is 38.9 Å². The number of nitriles is 3. The van der Waals surface area contributed by atoms with E-state index in [0.29, 0.717) is 24.2 Å². The van der Waals surface area contributed by atoms with Crippen molar-refractivity contribution in [1.82, 2.24) is 0 Å². The largest absolute Gasteiger partial charge is 0.465 e. The fraction of sp³-hybridized carbons (Fsp3) is 0.381. The van der Waals surface area contributed by atoms with E-state index in [-0.39, 0.29) is 17.5 Å². The maximum absolute atomic E-state index is 11.7. The average molecular weight is 374 g/mol. The highest BCUT2D eigenvalue weighted by molar-refractivity contribution is 6.01. The molecule has 140 valence electrons. The first-order valence-corrected chi connectivity index (χ1v) is 8.94. The number of hydrogen-bond acceptors (Lipinski definition) is 6. The van der Waals surface area contributed by atoms with Gasteiger partial charge in [-0.3, -0.25) is 0 Å². The Labute approximate surface area is 163 Å². The molecule has 1 fully saturated rings. The molecular weight excluding hydrogens is 354 g/mol. The van der Waals surface area contributed by atoms with Crippen LogP contribution in [0.1, 0.15) is 21.8 Å². The summed E-state index contributed by atoms with van der Waals surface area (Å²) in [5, 5.41) is 38.0. The number of carbonyl (C=O) groups is 1. The fourth-order valence-corrected chi connectivity index (χ4v) is 4.36. The Morgan fingerprint density at radius 3 is 2.43 bits per heavy atom. The number of carbonyl (C=O) groups excluding carboxylic acids is 1. The van der Waals surface area contributed by atoms with Gasteiger partial charge in [-0.25, -0.2) is 4.79 Å². The van der Waals surface area contributed by atoms with E-state index in [1.54, 1.807) is 24.3 Å². The molecular formula is C21H20N5O2+. The first-order chi connectivity index (χ1) is 13.4. The molecule has 1 saturated carbocycles. The third-order valence-corrected chi connectivity index (χ3v) is 5.77. The van der Waals surface area contributed by atoms with Gasteiger partial charge < -0.3 is 15.0 Å². The van der Waals surface area contributed by atoms with Crippen LogP contribution in [0.5, 0.6) is 0 Å². The van der Waals surface area contributed by atoms with Crippen LogP contribution in [-0.2, 0) is 4.74 Å². The second-order valence-corrected chi connectivity index (χ2v) is 7.26. The van der Waals surface area contributed by atoms with E-state index in [1.807, 2.05) is 25.3 Å². The maximum atomic E-state index is 11.7. The molecule has 1 aromatic carbocycles. The predicted octanol–water partition coefficient (Wildman–Crippen LogP) is 0.834. The van der Waals surface area contributed by atoms with Gasteiger partial charge in [0.1, 0.15) is 0 Å². The van der Waals surface area contributed by atoms with Crippen LogP contribution in [0.25, 0.3) is 0 Å². The Kier molecular flexibility index (Phi) is 5.01. The van der Waals surface area contributed by atoms with Gasteiger partial charge in [0.05, 0.1) is 62.6 Å². The van der Waals surface area contributed by atoms with E-state index >= 15 is 0 Å². The lowest BCUT2D eigenvalue weighted by atomic mass is 9.55. The SMILES string of the molecule is COC(=O)c1ccc([C@H]2[C@H](C#N)C(=N)C(C#N)(C#N)C3=CC[NH+](C)C[C@@H]32)cc1. The molecule has 2 N–H and O–H groups in total. The molecule has 2 aliphatic rings. The van der Waals surface area contributed by atoms with Crippen molar-refractivity contribution in [3.05, 3.63) is 47.0 Å². The van der Waals surface area contributed by atoms with Crippen molar-refractivity contribution in [2.45, 2.75) is 5.92 Å². The highest BCUT2D eigenvalue weighted by Gasteiger charge is 2.57. The highest BCUT2D eigenvalue weighted by atomic mass is 16.5. The summed E-state index contributed by atoms with van der Waals surface area (Å²) in [6, 6.07) is 13.0. The number of fused-ring (bicyclic) bond motifs is 1. The number of nitrogens with one attached hydrogen (secondary N) is 2. The second kappa shape index (κ2) is 7.27. The van der Waals surface area contributed by atoms with Gasteiger partial charge in [0, 0.05) is 11.8 Å². The molecule has 0 bridgehead atoms. The van der Waals surface area contributed by atoms with Crippen molar-refractivity contribution in [3.8, 4) is 18.2 Å². The Morgan fingerprint density at radius 2 is 1.89 bits per heavy atom. The summed E-state index contributed by atoms with van der Waals surface area (Å²) in [5.74, 6) is -1.91. The number of ether oxygens (including phenoxy) is 1. The van der Waals surface area contributed by atoms with Crippen molar-refractivity contribution >= 4 is 11.7 Å². The Morgan fingerprint density at radius 1 is 1.25 bits per heavy atom. The molecule has 0 saturated heterocycles. The summed E-state index contributed by atoms with van der Waals surface area (Å²) in [5.41, 5.74) is -0.0187. The lowest BCUT2D eigenvalue weighted by molar-refractivity contribution is -0.878. The zero-order chi connectivity index (χ0) is 20.5. The van der Waals surface area contributed by atoms with E-state index in [2.05, 4.69) is 6.07 Å². The molecule has 0 amide bonds. The minimum absolute atomic E-state index is 0.163. The van der Waals surface area contributed by atoms with Crippen molar-refractivity contribution in [2.24, 2.45) is 17.3 Å². The van der Waals surface area contributed by atoms with Gasteiger partial charge >= 0.3 is 5.97 Å². The monoisotopic (exact) mass is 374 g/mol. The van der Waals surface area contributed by atoms with E-state index < -0.39 is 17.3 Å². The fourth-order valence-electron chi connectivity index (χ4n) is 4.36. The van der Waals surface area contributed by atoms with Crippen LogP contribution in [0.15, 0.2) is 35.9 Å². The van der Waals surface area contributed by atoms with Crippen molar-refractivity contribution < 1.29 is 14.4 Å². The van der Waals surface area contributed by atoms with Gasteiger partial charge in [-0.1, -0.05) is 12.1 Å². The van der Waals surface area contributed by atoms with Crippen LogP contribution in [0.4, 0.5) is 0 Å². The topological polar surface area (TPSA) is 126 Å². The summed E-state index contributed by atoms with van der Waals surface area (Å²) >= 11 is 0. The predicted molar refractivity (Wildman–Crippen MR) is 99.2 cm³/mol. The van der Waals surface area contributed by atoms with E-state index in [1.165, 1.54) is 12.0 Å². The van der Waals surface area contributed by atoms with Crippen LogP contribution in [0.2, 0.25) is 0 Å². The quantitative estimate of drug-likeness (QED) is 0.586. The number of rotatable bonds is 2. The molecule has 1 aliphatic carbocycles. The first kappa shape index (κ1) is 19.3. The normalized spacial score (nSPS) is 28.0. The average Bonchev–Trinajstić information content (AvgIpc) is 2.73. The summed E-state index contributed by atoms with van der Waals surface area (Å²) in [6.45, 7) is 1.32. The van der Waals surface area contributed by atoms with Gasteiger partial charge in [-0.2, -0.15) is 15.8 Å². The lowest BCUT2D eigenvalue weighted by Crippen LogP contribution is -3.10. The van der Waals surface area contributed by atoms with Gasteiger partial charge in [0.15, 0.2) is 0 Å². The number of methoxy groups -OCH3 is 1. The van der Waals surface area contributed by atoms with Gasteiger partial charge in [0.25, 0.3) is 0 Å². The molecule has 0 spiro atoms. The van der Waals surface area contributed by atoms with Gasteiger partial charge in [-0.05, 0) is 29.3 Å².